The summed E-state index contributed by atoms with van der Waals surface area (Å²) in [5.41, 5.74) is 2.67. The fourth-order valence-corrected chi connectivity index (χ4v) is 2.15. The Morgan fingerprint density at radius 1 is 1.27 bits per heavy atom. The number of benzene rings is 1. The molecule has 0 fully saturated rings. The zero-order valence-corrected chi connectivity index (χ0v) is 9.29. The van der Waals surface area contributed by atoms with Crippen molar-refractivity contribution in [2.75, 3.05) is 0 Å². The molecule has 0 aliphatic heterocycles. The van der Waals surface area contributed by atoms with E-state index in [9.17, 15) is 4.79 Å². The zero-order chi connectivity index (χ0) is 10.8. The molecule has 15 heavy (non-hydrogen) atoms. The molecule has 0 bridgehead atoms. The fourth-order valence-electron chi connectivity index (χ4n) is 2.15. The summed E-state index contributed by atoms with van der Waals surface area (Å²) < 4.78 is 0. The van der Waals surface area contributed by atoms with Gasteiger partial charge in [-0.05, 0) is 37.8 Å². The molecule has 0 heterocycles. The van der Waals surface area contributed by atoms with Crippen LogP contribution >= 0.6 is 0 Å². The monoisotopic (exact) mass is 203 g/mol. The standard InChI is InChI=1S/C13H17NO/c1-9(2)14-13(15)12-7-10-5-3-4-6-11(10)8-12/h3-6,9,12H,7-8H2,1-2H3,(H,14,15). The summed E-state index contributed by atoms with van der Waals surface area (Å²) in [6.45, 7) is 4.00. The number of carbonyl (C=O) groups is 1. The van der Waals surface area contributed by atoms with Crippen LogP contribution in [-0.4, -0.2) is 11.9 Å². The molecule has 80 valence electrons. The lowest BCUT2D eigenvalue weighted by Gasteiger charge is -2.12. The van der Waals surface area contributed by atoms with Crippen molar-refractivity contribution in [2.45, 2.75) is 32.7 Å². The Kier molecular flexibility index (Phi) is 2.76. The molecule has 1 N–H and O–H groups in total. The maximum atomic E-state index is 11.8. The van der Waals surface area contributed by atoms with Gasteiger partial charge in [-0.1, -0.05) is 24.3 Å². The van der Waals surface area contributed by atoms with Crippen LogP contribution in [0.3, 0.4) is 0 Å². The van der Waals surface area contributed by atoms with Crippen LogP contribution in [0.5, 0.6) is 0 Å². The van der Waals surface area contributed by atoms with Crippen molar-refractivity contribution >= 4 is 5.91 Å². The molecule has 0 spiro atoms. The van der Waals surface area contributed by atoms with Crippen LogP contribution < -0.4 is 5.32 Å². The van der Waals surface area contributed by atoms with E-state index < -0.39 is 0 Å². The summed E-state index contributed by atoms with van der Waals surface area (Å²) in [5, 5.41) is 2.98. The van der Waals surface area contributed by atoms with Crippen LogP contribution in [0.15, 0.2) is 24.3 Å². The van der Waals surface area contributed by atoms with E-state index in [0.717, 1.165) is 12.8 Å². The molecule has 0 unspecified atom stereocenters. The van der Waals surface area contributed by atoms with E-state index in [-0.39, 0.29) is 17.9 Å². The number of nitrogens with one attached hydrogen (secondary N) is 1. The number of rotatable bonds is 2. The maximum Gasteiger partial charge on any atom is 0.223 e. The summed E-state index contributed by atoms with van der Waals surface area (Å²) in [6, 6.07) is 8.57. The zero-order valence-electron chi connectivity index (χ0n) is 9.29. The van der Waals surface area contributed by atoms with E-state index in [1.807, 2.05) is 26.0 Å². The van der Waals surface area contributed by atoms with Gasteiger partial charge in [0.05, 0.1) is 0 Å². The Morgan fingerprint density at radius 3 is 2.27 bits per heavy atom. The SMILES string of the molecule is CC(C)NC(=O)C1Cc2ccccc2C1. The number of hydrogen-bond acceptors (Lipinski definition) is 1. The largest absolute Gasteiger partial charge is 0.354 e. The highest BCUT2D eigenvalue weighted by atomic mass is 16.1. The second-order valence-corrected chi connectivity index (χ2v) is 4.54. The highest BCUT2D eigenvalue weighted by Crippen LogP contribution is 2.26. The Labute approximate surface area is 90.7 Å². The first-order chi connectivity index (χ1) is 7.16. The van der Waals surface area contributed by atoms with Gasteiger partial charge in [0.15, 0.2) is 0 Å². The minimum atomic E-state index is 0.143. The molecule has 0 radical (unpaired) electrons. The molecule has 2 heteroatoms. The van der Waals surface area contributed by atoms with E-state index in [1.54, 1.807) is 0 Å². The summed E-state index contributed by atoms with van der Waals surface area (Å²) >= 11 is 0. The average molecular weight is 203 g/mol. The van der Waals surface area contributed by atoms with Crippen molar-refractivity contribution in [2.24, 2.45) is 5.92 Å². The van der Waals surface area contributed by atoms with E-state index in [2.05, 4.69) is 17.4 Å². The second-order valence-electron chi connectivity index (χ2n) is 4.54. The van der Waals surface area contributed by atoms with Crippen LogP contribution in [0.2, 0.25) is 0 Å². The number of hydrogen-bond donors (Lipinski definition) is 1. The van der Waals surface area contributed by atoms with E-state index >= 15 is 0 Å². The van der Waals surface area contributed by atoms with Gasteiger partial charge in [0, 0.05) is 12.0 Å². The number of fused-ring (bicyclic) bond motifs is 1. The summed E-state index contributed by atoms with van der Waals surface area (Å²) in [6.07, 6.45) is 1.80. The van der Waals surface area contributed by atoms with Gasteiger partial charge >= 0.3 is 0 Å². The molecule has 0 saturated heterocycles. The van der Waals surface area contributed by atoms with Gasteiger partial charge in [-0.3, -0.25) is 4.79 Å². The van der Waals surface area contributed by atoms with Gasteiger partial charge in [0.1, 0.15) is 0 Å². The Balaban J connectivity index is 2.04. The first kappa shape index (κ1) is 10.2. The fraction of sp³-hybridized carbons (Fsp3) is 0.462. The molecule has 0 atom stereocenters. The average Bonchev–Trinajstić information content (AvgIpc) is 2.59. The first-order valence-corrected chi connectivity index (χ1v) is 5.54. The highest BCUT2D eigenvalue weighted by molar-refractivity contribution is 5.80. The molecule has 0 saturated carbocycles. The van der Waals surface area contributed by atoms with Crippen LogP contribution in [0.4, 0.5) is 0 Å². The lowest BCUT2D eigenvalue weighted by Crippen LogP contribution is -2.35. The van der Waals surface area contributed by atoms with Gasteiger partial charge < -0.3 is 5.32 Å². The Hall–Kier alpha value is -1.31. The molecule has 1 aliphatic carbocycles. The summed E-state index contributed by atoms with van der Waals surface area (Å²) in [4.78, 5) is 11.8. The predicted molar refractivity (Wildman–Crippen MR) is 60.6 cm³/mol. The lowest BCUT2D eigenvalue weighted by atomic mass is 10.1. The smallest absolute Gasteiger partial charge is 0.223 e. The predicted octanol–water partition coefficient (Wildman–Crippen LogP) is 1.93. The second kappa shape index (κ2) is 4.05. The summed E-state index contributed by atoms with van der Waals surface area (Å²) in [5.74, 6) is 0.339. The Bertz CT molecular complexity index is 346. The highest BCUT2D eigenvalue weighted by Gasteiger charge is 2.26. The molecule has 1 aromatic carbocycles. The van der Waals surface area contributed by atoms with Gasteiger partial charge in [-0.25, -0.2) is 0 Å². The number of carbonyl (C=O) groups excluding carboxylic acids is 1. The van der Waals surface area contributed by atoms with Gasteiger partial charge in [-0.2, -0.15) is 0 Å². The van der Waals surface area contributed by atoms with Crippen molar-refractivity contribution in [1.82, 2.24) is 5.32 Å². The van der Waals surface area contributed by atoms with Gasteiger partial charge in [0.25, 0.3) is 0 Å². The molecule has 1 aromatic rings. The van der Waals surface area contributed by atoms with Crippen molar-refractivity contribution in [3.63, 3.8) is 0 Å². The van der Waals surface area contributed by atoms with E-state index in [1.165, 1.54) is 11.1 Å². The third-order valence-corrected chi connectivity index (χ3v) is 2.85. The minimum Gasteiger partial charge on any atom is -0.354 e. The third kappa shape index (κ3) is 2.20. The quantitative estimate of drug-likeness (QED) is 0.781. The molecular weight excluding hydrogens is 186 g/mol. The van der Waals surface area contributed by atoms with Crippen LogP contribution in [0, 0.1) is 5.92 Å². The molecular formula is C13H17NO. The normalized spacial score (nSPS) is 15.4. The van der Waals surface area contributed by atoms with Crippen molar-refractivity contribution in [1.29, 1.82) is 0 Å². The minimum absolute atomic E-state index is 0.143. The van der Waals surface area contributed by atoms with Crippen molar-refractivity contribution in [3.8, 4) is 0 Å². The molecule has 2 nitrogen and oxygen atoms in total. The summed E-state index contributed by atoms with van der Waals surface area (Å²) in [7, 11) is 0. The molecule has 1 amide bonds. The Morgan fingerprint density at radius 2 is 1.80 bits per heavy atom. The van der Waals surface area contributed by atoms with Gasteiger partial charge in [-0.15, -0.1) is 0 Å². The lowest BCUT2D eigenvalue weighted by molar-refractivity contribution is -0.125. The van der Waals surface area contributed by atoms with E-state index in [4.69, 9.17) is 0 Å². The van der Waals surface area contributed by atoms with Gasteiger partial charge in [0.2, 0.25) is 5.91 Å². The van der Waals surface area contributed by atoms with E-state index in [0.29, 0.717) is 0 Å². The topological polar surface area (TPSA) is 29.1 Å². The molecule has 2 rings (SSSR count). The van der Waals surface area contributed by atoms with Crippen LogP contribution in [-0.2, 0) is 17.6 Å². The molecule has 1 aliphatic rings. The van der Waals surface area contributed by atoms with Crippen LogP contribution in [0.25, 0.3) is 0 Å². The molecule has 0 aromatic heterocycles. The third-order valence-electron chi connectivity index (χ3n) is 2.85. The van der Waals surface area contributed by atoms with Crippen molar-refractivity contribution < 1.29 is 4.79 Å². The first-order valence-electron chi connectivity index (χ1n) is 5.54. The maximum absolute atomic E-state index is 11.8. The van der Waals surface area contributed by atoms with Crippen molar-refractivity contribution in [3.05, 3.63) is 35.4 Å². The van der Waals surface area contributed by atoms with Crippen LogP contribution in [0.1, 0.15) is 25.0 Å². The number of amides is 1.